The molecule has 0 unspecified atom stereocenters. The number of benzene rings is 2. The number of aryl methyl sites for hydroxylation is 1. The molecule has 2 N–H and O–H groups in total. The zero-order valence-electron chi connectivity index (χ0n) is 10.2. The molecule has 3 rings (SSSR count). The number of nitrogens with two attached hydrogens (primary N) is 1. The maximum Gasteiger partial charge on any atom is 0.199 e. The third-order valence-electron chi connectivity index (χ3n) is 2.89. The topological polar surface area (TPSA) is 52.0 Å². The van der Waals surface area contributed by atoms with E-state index in [1.54, 1.807) is 0 Å². The summed E-state index contributed by atoms with van der Waals surface area (Å²) in [6, 6.07) is 13.8. The van der Waals surface area contributed by atoms with Crippen LogP contribution in [0.2, 0.25) is 0 Å². The third-order valence-corrected chi connectivity index (χ3v) is 2.89. The Bertz CT molecular complexity index is 701. The number of hydrogen-bond donors (Lipinski definition) is 1. The average molecular weight is 238 g/mol. The predicted octanol–water partition coefficient (Wildman–Crippen LogP) is 3.31. The molecule has 0 fully saturated rings. The fraction of sp³-hybridized carbons (Fsp3) is 0.133. The van der Waals surface area contributed by atoms with Crippen LogP contribution in [0.3, 0.4) is 0 Å². The minimum Gasteiger partial charge on any atom is -0.440 e. The van der Waals surface area contributed by atoms with Crippen LogP contribution in [-0.4, -0.2) is 4.98 Å². The van der Waals surface area contributed by atoms with Crippen LogP contribution in [0.15, 0.2) is 46.9 Å². The van der Waals surface area contributed by atoms with Crippen molar-refractivity contribution in [3.05, 3.63) is 59.5 Å². The molecule has 0 atom stereocenters. The molecule has 0 aliphatic rings. The SMILES string of the molecule is Cc1ccc2oc(Cc3cccc(N)c3)nc2c1. The van der Waals surface area contributed by atoms with Gasteiger partial charge in [0.15, 0.2) is 11.5 Å². The molecule has 0 saturated carbocycles. The third kappa shape index (κ3) is 2.07. The first kappa shape index (κ1) is 10.8. The van der Waals surface area contributed by atoms with Gasteiger partial charge >= 0.3 is 0 Å². The van der Waals surface area contributed by atoms with Gasteiger partial charge in [-0.1, -0.05) is 18.2 Å². The van der Waals surface area contributed by atoms with Crippen LogP contribution < -0.4 is 5.73 Å². The monoisotopic (exact) mass is 238 g/mol. The van der Waals surface area contributed by atoms with Crippen LogP contribution >= 0.6 is 0 Å². The van der Waals surface area contributed by atoms with Crippen molar-refractivity contribution >= 4 is 16.8 Å². The highest BCUT2D eigenvalue weighted by Crippen LogP contribution is 2.19. The summed E-state index contributed by atoms with van der Waals surface area (Å²) in [5.74, 6) is 0.723. The van der Waals surface area contributed by atoms with Gasteiger partial charge in [0.1, 0.15) is 5.52 Å². The molecule has 0 spiro atoms. The van der Waals surface area contributed by atoms with E-state index in [4.69, 9.17) is 10.2 Å². The van der Waals surface area contributed by atoms with E-state index in [0.717, 1.165) is 28.2 Å². The lowest BCUT2D eigenvalue weighted by atomic mass is 10.1. The van der Waals surface area contributed by atoms with E-state index >= 15 is 0 Å². The van der Waals surface area contributed by atoms with E-state index in [0.29, 0.717) is 6.42 Å². The van der Waals surface area contributed by atoms with Crippen LogP contribution in [-0.2, 0) is 6.42 Å². The smallest absolute Gasteiger partial charge is 0.199 e. The van der Waals surface area contributed by atoms with Gasteiger partial charge in [0.2, 0.25) is 0 Å². The van der Waals surface area contributed by atoms with Crippen molar-refractivity contribution in [2.45, 2.75) is 13.3 Å². The molecule has 1 heterocycles. The average Bonchev–Trinajstić information content (AvgIpc) is 2.70. The minimum atomic E-state index is 0.665. The minimum absolute atomic E-state index is 0.665. The van der Waals surface area contributed by atoms with Crippen LogP contribution in [0, 0.1) is 6.92 Å². The molecule has 3 heteroatoms. The Morgan fingerprint density at radius 1 is 1.17 bits per heavy atom. The Hall–Kier alpha value is -2.29. The Kier molecular flexibility index (Phi) is 2.52. The largest absolute Gasteiger partial charge is 0.440 e. The van der Waals surface area contributed by atoms with Gasteiger partial charge < -0.3 is 10.2 Å². The standard InChI is InChI=1S/C15H14N2O/c1-10-5-6-14-13(7-10)17-15(18-14)9-11-3-2-4-12(16)8-11/h2-8H,9,16H2,1H3. The number of nitrogens with zero attached hydrogens (tertiary/aromatic N) is 1. The number of nitrogen functional groups attached to an aromatic ring is 1. The second kappa shape index (κ2) is 4.18. The fourth-order valence-electron chi connectivity index (χ4n) is 2.04. The lowest BCUT2D eigenvalue weighted by molar-refractivity contribution is 0.544. The number of rotatable bonds is 2. The lowest BCUT2D eigenvalue weighted by Crippen LogP contribution is -1.90. The lowest BCUT2D eigenvalue weighted by Gasteiger charge is -1.98. The Morgan fingerprint density at radius 3 is 2.89 bits per heavy atom. The van der Waals surface area contributed by atoms with Crippen molar-refractivity contribution in [2.24, 2.45) is 0 Å². The molecule has 0 radical (unpaired) electrons. The van der Waals surface area contributed by atoms with Crippen LogP contribution in [0.5, 0.6) is 0 Å². The summed E-state index contributed by atoms with van der Waals surface area (Å²) in [7, 11) is 0. The summed E-state index contributed by atoms with van der Waals surface area (Å²) < 4.78 is 5.71. The Morgan fingerprint density at radius 2 is 2.06 bits per heavy atom. The van der Waals surface area contributed by atoms with E-state index in [9.17, 15) is 0 Å². The second-order valence-corrected chi connectivity index (χ2v) is 4.50. The first-order valence-electron chi connectivity index (χ1n) is 5.91. The van der Waals surface area contributed by atoms with Crippen molar-refractivity contribution in [3.63, 3.8) is 0 Å². The Balaban J connectivity index is 1.95. The zero-order valence-corrected chi connectivity index (χ0v) is 10.2. The number of fused-ring (bicyclic) bond motifs is 1. The fourth-order valence-corrected chi connectivity index (χ4v) is 2.04. The first-order chi connectivity index (χ1) is 8.70. The number of hydrogen-bond acceptors (Lipinski definition) is 3. The van der Waals surface area contributed by atoms with Gasteiger partial charge in [0.25, 0.3) is 0 Å². The Labute approximate surface area is 105 Å². The molecule has 0 saturated heterocycles. The summed E-state index contributed by atoms with van der Waals surface area (Å²) in [6.07, 6.45) is 0.665. The highest BCUT2D eigenvalue weighted by Gasteiger charge is 2.06. The summed E-state index contributed by atoms with van der Waals surface area (Å²) >= 11 is 0. The number of anilines is 1. The highest BCUT2D eigenvalue weighted by atomic mass is 16.3. The van der Waals surface area contributed by atoms with Gasteiger partial charge in [0.05, 0.1) is 0 Å². The maximum atomic E-state index is 5.76. The molecule has 90 valence electrons. The molecule has 3 aromatic rings. The van der Waals surface area contributed by atoms with Gasteiger partial charge in [-0.05, 0) is 42.3 Å². The first-order valence-corrected chi connectivity index (χ1v) is 5.91. The molecule has 2 aromatic carbocycles. The van der Waals surface area contributed by atoms with Crippen molar-refractivity contribution in [1.29, 1.82) is 0 Å². The van der Waals surface area contributed by atoms with Crippen LogP contribution in [0.1, 0.15) is 17.0 Å². The molecule has 0 bridgehead atoms. The van der Waals surface area contributed by atoms with Gasteiger partial charge in [-0.25, -0.2) is 4.98 Å². The summed E-state index contributed by atoms with van der Waals surface area (Å²) in [5, 5.41) is 0. The molecule has 0 aliphatic heterocycles. The quantitative estimate of drug-likeness (QED) is 0.697. The molecule has 0 amide bonds. The number of oxazole rings is 1. The van der Waals surface area contributed by atoms with E-state index < -0.39 is 0 Å². The molecule has 3 nitrogen and oxygen atoms in total. The summed E-state index contributed by atoms with van der Waals surface area (Å²) in [5.41, 5.74) is 10.6. The second-order valence-electron chi connectivity index (χ2n) is 4.50. The van der Waals surface area contributed by atoms with Crippen molar-refractivity contribution in [1.82, 2.24) is 4.98 Å². The maximum absolute atomic E-state index is 5.76. The highest BCUT2D eigenvalue weighted by molar-refractivity contribution is 5.73. The van der Waals surface area contributed by atoms with E-state index in [1.807, 2.05) is 49.4 Å². The van der Waals surface area contributed by atoms with Gasteiger partial charge in [0, 0.05) is 12.1 Å². The van der Waals surface area contributed by atoms with Crippen molar-refractivity contribution in [2.75, 3.05) is 5.73 Å². The predicted molar refractivity (Wildman–Crippen MR) is 72.4 cm³/mol. The molecular formula is C15H14N2O. The van der Waals surface area contributed by atoms with Crippen LogP contribution in [0.25, 0.3) is 11.1 Å². The zero-order chi connectivity index (χ0) is 12.5. The summed E-state index contributed by atoms with van der Waals surface area (Å²) in [6.45, 7) is 2.05. The van der Waals surface area contributed by atoms with Gasteiger partial charge in [-0.2, -0.15) is 0 Å². The normalized spacial score (nSPS) is 10.9. The van der Waals surface area contributed by atoms with Gasteiger partial charge in [-0.15, -0.1) is 0 Å². The van der Waals surface area contributed by atoms with Gasteiger partial charge in [-0.3, -0.25) is 0 Å². The molecule has 0 aliphatic carbocycles. The van der Waals surface area contributed by atoms with Crippen molar-refractivity contribution < 1.29 is 4.42 Å². The summed E-state index contributed by atoms with van der Waals surface area (Å²) in [4.78, 5) is 4.49. The van der Waals surface area contributed by atoms with Crippen molar-refractivity contribution in [3.8, 4) is 0 Å². The number of aromatic nitrogens is 1. The molecular weight excluding hydrogens is 224 g/mol. The van der Waals surface area contributed by atoms with Crippen LogP contribution in [0.4, 0.5) is 5.69 Å². The van der Waals surface area contributed by atoms with E-state index in [2.05, 4.69) is 4.98 Å². The molecule has 1 aromatic heterocycles. The molecule has 18 heavy (non-hydrogen) atoms. The van der Waals surface area contributed by atoms with E-state index in [1.165, 1.54) is 5.56 Å². The van der Waals surface area contributed by atoms with E-state index in [-0.39, 0.29) is 0 Å².